The molecule has 1 atom stereocenters. The Morgan fingerprint density at radius 1 is 1.44 bits per heavy atom. The number of hydrogen-bond acceptors (Lipinski definition) is 0. The highest BCUT2D eigenvalue weighted by Gasteiger charge is 2.20. The predicted octanol–water partition coefficient (Wildman–Crippen LogP) is 3.49. The van der Waals surface area contributed by atoms with Gasteiger partial charge in [0, 0.05) is 6.42 Å². The summed E-state index contributed by atoms with van der Waals surface area (Å²) in [7, 11) is 0. The fourth-order valence-corrected chi connectivity index (χ4v) is 0.579. The molecule has 0 aliphatic heterocycles. The molecule has 0 aromatic rings. The second-order valence-corrected chi connectivity index (χ2v) is 4.22. The van der Waals surface area contributed by atoms with Gasteiger partial charge in [-0.2, -0.15) is 0 Å². The van der Waals surface area contributed by atoms with Gasteiger partial charge in [-0.25, -0.2) is 4.39 Å². The Balaban J connectivity index is 3.28. The van der Waals surface area contributed by atoms with Crippen molar-refractivity contribution in [1.29, 1.82) is 0 Å². The summed E-state index contributed by atoms with van der Waals surface area (Å²) in [6.45, 7) is 0. The van der Waals surface area contributed by atoms with E-state index in [4.69, 9.17) is 46.4 Å². The normalized spacial score (nSPS) is 15.7. The van der Waals surface area contributed by atoms with Crippen molar-refractivity contribution < 1.29 is 4.39 Å². The summed E-state index contributed by atoms with van der Waals surface area (Å²) in [6, 6.07) is 0. The fourth-order valence-electron chi connectivity index (χ4n) is 0.223. The van der Waals surface area contributed by atoms with Crippen LogP contribution in [0.2, 0.25) is 0 Å². The topological polar surface area (TPSA) is 0 Å². The molecule has 0 N–H and O–H groups in total. The monoisotopic (exact) mass is 211 g/mol. The Morgan fingerprint density at radius 2 is 1.89 bits per heavy atom. The first-order valence-corrected chi connectivity index (χ1v) is 3.68. The fraction of sp³-hybridized carbons (Fsp3) is 0.750. The molecular weight excluding hydrogens is 209 g/mol. The second kappa shape index (κ2) is 4.07. The highest BCUT2D eigenvalue weighted by Crippen LogP contribution is 2.31. The van der Waals surface area contributed by atoms with Crippen LogP contribution in [-0.4, -0.2) is 9.42 Å². The van der Waals surface area contributed by atoms with Crippen molar-refractivity contribution in [3.05, 3.63) is 6.42 Å². The number of hydrogen-bond donors (Lipinski definition) is 0. The van der Waals surface area contributed by atoms with Crippen LogP contribution in [0.1, 0.15) is 6.42 Å². The van der Waals surface area contributed by atoms with E-state index in [1.54, 1.807) is 0 Å². The van der Waals surface area contributed by atoms with Gasteiger partial charge in [-0.05, 0) is 6.42 Å². The highest BCUT2D eigenvalue weighted by molar-refractivity contribution is 6.68. The van der Waals surface area contributed by atoms with Gasteiger partial charge < -0.3 is 0 Å². The zero-order chi connectivity index (χ0) is 7.49. The van der Waals surface area contributed by atoms with E-state index < -0.39 is 9.42 Å². The summed E-state index contributed by atoms with van der Waals surface area (Å²) in [5.74, 6) is 0. The molecule has 55 valence electrons. The molecule has 0 aliphatic carbocycles. The van der Waals surface area contributed by atoms with E-state index in [1.807, 2.05) is 0 Å². The Labute approximate surface area is 73.2 Å². The first-order valence-electron chi connectivity index (χ1n) is 2.11. The van der Waals surface area contributed by atoms with Crippen molar-refractivity contribution in [3.63, 3.8) is 0 Å². The molecule has 0 amide bonds. The van der Waals surface area contributed by atoms with E-state index in [2.05, 4.69) is 0 Å². The molecule has 0 rings (SSSR count). The molecule has 0 aromatic heterocycles. The first-order chi connectivity index (χ1) is 3.92. The van der Waals surface area contributed by atoms with Crippen LogP contribution in [0.3, 0.4) is 0 Å². The average Bonchev–Trinajstić information content (AvgIpc) is 1.59. The molecule has 0 bridgehead atoms. The third-order valence-electron chi connectivity index (χ3n) is 0.527. The van der Waals surface area contributed by atoms with E-state index in [0.717, 1.165) is 0 Å². The van der Waals surface area contributed by atoms with E-state index in [-0.39, 0.29) is 6.42 Å². The van der Waals surface area contributed by atoms with Crippen LogP contribution < -0.4 is 0 Å². The van der Waals surface area contributed by atoms with Crippen LogP contribution >= 0.6 is 46.4 Å². The van der Waals surface area contributed by atoms with Gasteiger partial charge in [-0.15, -0.1) is 0 Å². The third-order valence-corrected chi connectivity index (χ3v) is 1.17. The van der Waals surface area contributed by atoms with Gasteiger partial charge >= 0.3 is 0 Å². The van der Waals surface area contributed by atoms with Crippen LogP contribution in [0, 0.1) is 6.42 Å². The van der Waals surface area contributed by atoms with Gasteiger partial charge in [0.1, 0.15) is 0 Å². The lowest BCUT2D eigenvalue weighted by Gasteiger charge is -2.08. The van der Waals surface area contributed by atoms with Crippen molar-refractivity contribution in [3.8, 4) is 0 Å². The van der Waals surface area contributed by atoms with Gasteiger partial charge in [0.05, 0.1) is 0 Å². The summed E-state index contributed by atoms with van der Waals surface area (Å²) in [5.41, 5.74) is -1.47. The maximum atomic E-state index is 11.8. The molecular formula is C4H4Cl4F. The van der Waals surface area contributed by atoms with Crippen LogP contribution in [0.5, 0.6) is 0 Å². The predicted molar refractivity (Wildman–Crippen MR) is 40.0 cm³/mol. The zero-order valence-corrected chi connectivity index (χ0v) is 7.28. The summed E-state index contributed by atoms with van der Waals surface area (Å²) in [5, 5.41) is 0. The van der Waals surface area contributed by atoms with Crippen LogP contribution in [0.25, 0.3) is 0 Å². The lowest BCUT2D eigenvalue weighted by molar-refractivity contribution is 0.438. The smallest absolute Gasteiger partial charge is 0.193 e. The lowest BCUT2D eigenvalue weighted by Crippen LogP contribution is -2.05. The van der Waals surface area contributed by atoms with Crippen LogP contribution in [0.4, 0.5) is 4.39 Å². The number of alkyl halides is 5. The molecule has 0 aromatic carbocycles. The summed E-state index contributed by atoms with van der Waals surface area (Å²) < 4.78 is 10.3. The molecule has 5 heteroatoms. The maximum absolute atomic E-state index is 11.8. The lowest BCUT2D eigenvalue weighted by atomic mass is 10.4. The van der Waals surface area contributed by atoms with Crippen LogP contribution in [-0.2, 0) is 0 Å². The van der Waals surface area contributed by atoms with Gasteiger partial charge in [0.15, 0.2) is 9.42 Å². The quantitative estimate of drug-likeness (QED) is 0.615. The SMILES string of the molecule is FC(Cl)C[CH]C(Cl)(Cl)Cl. The minimum atomic E-state index is -1.50. The molecule has 1 unspecified atom stereocenters. The van der Waals surface area contributed by atoms with Gasteiger partial charge in [0.25, 0.3) is 0 Å². The molecule has 0 saturated heterocycles. The molecule has 0 saturated carbocycles. The van der Waals surface area contributed by atoms with Gasteiger partial charge in [0.2, 0.25) is 0 Å². The minimum Gasteiger partial charge on any atom is -0.230 e. The first kappa shape index (κ1) is 10.1. The molecule has 0 aliphatic rings. The molecule has 0 spiro atoms. The number of rotatable bonds is 2. The Hall–Kier alpha value is 1.09. The van der Waals surface area contributed by atoms with Crippen molar-refractivity contribution in [2.24, 2.45) is 0 Å². The van der Waals surface area contributed by atoms with Crippen molar-refractivity contribution in [1.82, 2.24) is 0 Å². The Morgan fingerprint density at radius 3 is 2.00 bits per heavy atom. The Kier molecular flexibility index (Phi) is 4.56. The standard InChI is InChI=1S/C4H4Cl4F/c5-3(9)1-2-4(6,7)8/h2-3H,1H2. The molecule has 0 fully saturated rings. The van der Waals surface area contributed by atoms with E-state index in [0.29, 0.717) is 0 Å². The molecule has 1 radical (unpaired) electrons. The summed E-state index contributed by atoms with van der Waals surface area (Å²) in [4.78, 5) is 0. The van der Waals surface area contributed by atoms with E-state index in [1.165, 1.54) is 6.42 Å². The average molecular weight is 213 g/mol. The Bertz CT molecular complexity index is 77.1. The van der Waals surface area contributed by atoms with Gasteiger partial charge in [-0.1, -0.05) is 46.4 Å². The van der Waals surface area contributed by atoms with E-state index in [9.17, 15) is 4.39 Å². The largest absolute Gasteiger partial charge is 0.230 e. The molecule has 9 heavy (non-hydrogen) atoms. The molecule has 0 nitrogen and oxygen atoms in total. The van der Waals surface area contributed by atoms with Gasteiger partial charge in [-0.3, -0.25) is 0 Å². The zero-order valence-electron chi connectivity index (χ0n) is 4.25. The number of halogens is 5. The summed E-state index contributed by atoms with van der Waals surface area (Å²) in [6.07, 6.45) is 1.12. The third kappa shape index (κ3) is 9.09. The van der Waals surface area contributed by atoms with Crippen molar-refractivity contribution in [2.75, 3.05) is 0 Å². The molecule has 0 heterocycles. The van der Waals surface area contributed by atoms with Crippen LogP contribution in [0.15, 0.2) is 0 Å². The highest BCUT2D eigenvalue weighted by atomic mass is 35.6. The minimum absolute atomic E-state index is 0.0575. The maximum Gasteiger partial charge on any atom is 0.193 e. The van der Waals surface area contributed by atoms with E-state index >= 15 is 0 Å². The summed E-state index contributed by atoms with van der Waals surface area (Å²) >= 11 is 20.6. The van der Waals surface area contributed by atoms with Crippen molar-refractivity contribution in [2.45, 2.75) is 15.8 Å². The van der Waals surface area contributed by atoms with Crippen molar-refractivity contribution >= 4 is 46.4 Å². The second-order valence-electron chi connectivity index (χ2n) is 1.37.